The first kappa shape index (κ1) is 16.6. The van der Waals surface area contributed by atoms with Gasteiger partial charge in [0, 0.05) is 17.6 Å². The lowest BCUT2D eigenvalue weighted by Gasteiger charge is -2.12. The molecule has 2 rings (SSSR count). The first-order valence-electron chi connectivity index (χ1n) is 6.16. The van der Waals surface area contributed by atoms with Crippen molar-refractivity contribution in [3.8, 4) is 0 Å². The highest BCUT2D eigenvalue weighted by Gasteiger charge is 2.13. The van der Waals surface area contributed by atoms with E-state index in [-0.39, 0.29) is 18.3 Å². The van der Waals surface area contributed by atoms with Gasteiger partial charge in [-0.2, -0.15) is 0 Å². The number of para-hydroxylation sites is 1. The molecule has 0 atom stereocenters. The van der Waals surface area contributed by atoms with Crippen LogP contribution in [0.5, 0.6) is 0 Å². The van der Waals surface area contributed by atoms with Crippen molar-refractivity contribution in [1.29, 1.82) is 0 Å². The van der Waals surface area contributed by atoms with Gasteiger partial charge in [-0.1, -0.05) is 32.0 Å². The van der Waals surface area contributed by atoms with Crippen molar-refractivity contribution < 1.29 is 4.79 Å². The monoisotopic (exact) mass is 311 g/mol. The van der Waals surface area contributed by atoms with Crippen molar-refractivity contribution in [3.05, 3.63) is 45.9 Å². The average Bonchev–Trinajstić information content (AvgIpc) is 2.88. The van der Waals surface area contributed by atoms with Crippen LogP contribution < -0.4 is 11.1 Å². The third-order valence-electron chi connectivity index (χ3n) is 2.79. The van der Waals surface area contributed by atoms with Gasteiger partial charge in [0.1, 0.15) is 10.7 Å². The van der Waals surface area contributed by atoms with E-state index in [9.17, 15) is 4.79 Å². The lowest BCUT2D eigenvalue weighted by Crippen LogP contribution is -2.14. The number of aromatic nitrogens is 1. The minimum absolute atomic E-state index is 0. The normalized spacial score (nSPS) is 10.2. The van der Waals surface area contributed by atoms with Crippen molar-refractivity contribution in [3.63, 3.8) is 0 Å². The number of benzene rings is 1. The van der Waals surface area contributed by atoms with Gasteiger partial charge in [0.25, 0.3) is 5.91 Å². The number of hydrogen-bond acceptors (Lipinski definition) is 4. The number of carbonyl (C=O) groups is 1. The molecule has 4 nitrogen and oxygen atoms in total. The molecule has 0 radical (unpaired) electrons. The van der Waals surface area contributed by atoms with E-state index in [1.807, 2.05) is 24.3 Å². The number of rotatable bonds is 4. The van der Waals surface area contributed by atoms with Gasteiger partial charge < -0.3 is 11.1 Å². The summed E-state index contributed by atoms with van der Waals surface area (Å²) in [6.07, 6.45) is 0. The fraction of sp³-hybridized carbons (Fsp3) is 0.286. The second-order valence-corrected chi connectivity index (χ2v) is 5.47. The van der Waals surface area contributed by atoms with Crippen molar-refractivity contribution in [1.82, 2.24) is 4.98 Å². The molecule has 1 amide bonds. The second-order valence-electron chi connectivity index (χ2n) is 4.53. The van der Waals surface area contributed by atoms with Crippen LogP contribution in [0.15, 0.2) is 29.6 Å². The van der Waals surface area contributed by atoms with Gasteiger partial charge in [0.05, 0.1) is 0 Å². The van der Waals surface area contributed by atoms with E-state index in [4.69, 9.17) is 5.73 Å². The average molecular weight is 312 g/mol. The fourth-order valence-corrected chi connectivity index (χ4v) is 2.46. The zero-order valence-corrected chi connectivity index (χ0v) is 13.1. The Bertz CT molecular complexity index is 583. The van der Waals surface area contributed by atoms with Crippen molar-refractivity contribution in [2.24, 2.45) is 5.73 Å². The molecule has 20 heavy (non-hydrogen) atoms. The van der Waals surface area contributed by atoms with E-state index in [0.717, 1.165) is 16.3 Å². The first-order chi connectivity index (χ1) is 9.11. The standard InChI is InChI=1S/C14H17N3OS.ClH/c1-9(2)10-5-3-4-6-11(10)17-14(18)12-8-19-13(7-15)16-12;/h3-6,8-9H,7,15H2,1-2H3,(H,17,18);1H. The summed E-state index contributed by atoms with van der Waals surface area (Å²) in [6.45, 7) is 4.56. The molecule has 108 valence electrons. The number of amides is 1. The van der Waals surface area contributed by atoms with Crippen molar-refractivity contribution in [2.75, 3.05) is 5.32 Å². The molecule has 0 fully saturated rings. The molecule has 0 saturated heterocycles. The highest BCUT2D eigenvalue weighted by atomic mass is 35.5. The number of hydrogen-bond donors (Lipinski definition) is 2. The first-order valence-corrected chi connectivity index (χ1v) is 7.04. The maximum atomic E-state index is 12.1. The Balaban J connectivity index is 0.00000200. The number of halogens is 1. The van der Waals surface area contributed by atoms with Crippen LogP contribution in [0.25, 0.3) is 0 Å². The molecule has 0 bridgehead atoms. The van der Waals surface area contributed by atoms with Crippen LogP contribution in [0.1, 0.15) is 40.8 Å². The molecule has 0 aliphatic carbocycles. The second kappa shape index (κ2) is 7.38. The molecule has 0 aliphatic rings. The van der Waals surface area contributed by atoms with Gasteiger partial charge in [-0.15, -0.1) is 23.7 Å². The topological polar surface area (TPSA) is 68.0 Å². The molecular weight excluding hydrogens is 294 g/mol. The largest absolute Gasteiger partial charge is 0.325 e. The Morgan fingerprint density at radius 2 is 2.10 bits per heavy atom. The van der Waals surface area contributed by atoms with E-state index in [0.29, 0.717) is 18.2 Å². The molecule has 0 aliphatic heterocycles. The molecule has 1 aromatic heterocycles. The van der Waals surface area contributed by atoms with Gasteiger partial charge in [-0.3, -0.25) is 4.79 Å². The fourth-order valence-electron chi connectivity index (χ4n) is 1.81. The van der Waals surface area contributed by atoms with Gasteiger partial charge in [0.15, 0.2) is 0 Å². The number of nitrogens with one attached hydrogen (secondary N) is 1. The SMILES string of the molecule is CC(C)c1ccccc1NC(=O)c1csc(CN)n1.Cl. The third-order valence-corrected chi connectivity index (χ3v) is 3.66. The van der Waals surface area contributed by atoms with Crippen LogP contribution in [0, 0.1) is 0 Å². The van der Waals surface area contributed by atoms with E-state index in [2.05, 4.69) is 24.1 Å². The van der Waals surface area contributed by atoms with Crippen LogP contribution in [0.2, 0.25) is 0 Å². The summed E-state index contributed by atoms with van der Waals surface area (Å²) in [5, 5.41) is 5.41. The number of carbonyl (C=O) groups excluding carboxylic acids is 1. The molecule has 3 N–H and O–H groups in total. The van der Waals surface area contributed by atoms with Gasteiger partial charge in [-0.05, 0) is 17.5 Å². The van der Waals surface area contributed by atoms with Crippen LogP contribution in [-0.4, -0.2) is 10.9 Å². The zero-order chi connectivity index (χ0) is 13.8. The Kier molecular flexibility index (Phi) is 6.13. The lowest BCUT2D eigenvalue weighted by molar-refractivity contribution is 0.102. The predicted octanol–water partition coefficient (Wildman–Crippen LogP) is 3.40. The van der Waals surface area contributed by atoms with Crippen LogP contribution in [-0.2, 0) is 6.54 Å². The van der Waals surface area contributed by atoms with Gasteiger partial charge >= 0.3 is 0 Å². The number of nitrogens with two attached hydrogens (primary N) is 1. The summed E-state index contributed by atoms with van der Waals surface area (Å²) in [6, 6.07) is 7.81. The van der Waals surface area contributed by atoms with Crippen LogP contribution >= 0.6 is 23.7 Å². The summed E-state index contributed by atoms with van der Waals surface area (Å²) in [4.78, 5) is 16.3. The summed E-state index contributed by atoms with van der Waals surface area (Å²) in [5.41, 5.74) is 7.87. The smallest absolute Gasteiger partial charge is 0.275 e. The number of thiazole rings is 1. The van der Waals surface area contributed by atoms with Gasteiger partial charge in [-0.25, -0.2) is 4.98 Å². The Labute approximate surface area is 128 Å². The van der Waals surface area contributed by atoms with Gasteiger partial charge in [0.2, 0.25) is 0 Å². The highest BCUT2D eigenvalue weighted by molar-refractivity contribution is 7.09. The quantitative estimate of drug-likeness (QED) is 0.909. The number of nitrogens with zero attached hydrogens (tertiary/aromatic N) is 1. The number of anilines is 1. The maximum Gasteiger partial charge on any atom is 0.275 e. The van der Waals surface area contributed by atoms with E-state index in [1.54, 1.807) is 5.38 Å². The molecule has 1 aromatic carbocycles. The Morgan fingerprint density at radius 1 is 1.40 bits per heavy atom. The van der Waals surface area contributed by atoms with Crippen LogP contribution in [0.3, 0.4) is 0 Å². The minimum atomic E-state index is -0.191. The minimum Gasteiger partial charge on any atom is -0.325 e. The molecule has 0 unspecified atom stereocenters. The van der Waals surface area contributed by atoms with Crippen molar-refractivity contribution >= 4 is 35.3 Å². The Morgan fingerprint density at radius 3 is 2.70 bits per heavy atom. The summed E-state index contributed by atoms with van der Waals surface area (Å²) in [7, 11) is 0. The lowest BCUT2D eigenvalue weighted by atomic mass is 10.0. The van der Waals surface area contributed by atoms with Crippen molar-refractivity contribution in [2.45, 2.75) is 26.3 Å². The highest BCUT2D eigenvalue weighted by Crippen LogP contribution is 2.24. The molecular formula is C14H18ClN3OS. The van der Waals surface area contributed by atoms with E-state index >= 15 is 0 Å². The Hall–Kier alpha value is -1.43. The molecule has 1 heterocycles. The molecule has 6 heteroatoms. The zero-order valence-electron chi connectivity index (χ0n) is 11.4. The maximum absolute atomic E-state index is 12.1. The third kappa shape index (κ3) is 3.79. The van der Waals surface area contributed by atoms with Crippen LogP contribution in [0.4, 0.5) is 5.69 Å². The summed E-state index contributed by atoms with van der Waals surface area (Å²) < 4.78 is 0. The molecule has 0 saturated carbocycles. The molecule has 2 aromatic rings. The molecule has 0 spiro atoms. The van der Waals surface area contributed by atoms with E-state index in [1.165, 1.54) is 11.3 Å². The van der Waals surface area contributed by atoms with E-state index < -0.39 is 0 Å². The summed E-state index contributed by atoms with van der Waals surface area (Å²) >= 11 is 1.40. The predicted molar refractivity (Wildman–Crippen MR) is 85.7 cm³/mol. The summed E-state index contributed by atoms with van der Waals surface area (Å²) in [5.74, 6) is 0.163.